The summed E-state index contributed by atoms with van der Waals surface area (Å²) in [5.41, 5.74) is 0. The summed E-state index contributed by atoms with van der Waals surface area (Å²) in [5, 5.41) is 0. The van der Waals surface area contributed by atoms with Crippen molar-refractivity contribution in [2.45, 2.75) is 58.5 Å². The molecule has 1 rings (SSSR count). The molecule has 3 nitrogen and oxygen atoms in total. The van der Waals surface area contributed by atoms with E-state index in [-0.39, 0.29) is 6.10 Å². The zero-order valence-electron chi connectivity index (χ0n) is 9.91. The first-order valence-corrected chi connectivity index (χ1v) is 7.85. The van der Waals surface area contributed by atoms with E-state index in [4.69, 9.17) is 9.05 Å². The third-order valence-electron chi connectivity index (χ3n) is 2.69. The predicted molar refractivity (Wildman–Crippen MR) is 62.3 cm³/mol. The van der Waals surface area contributed by atoms with Gasteiger partial charge in [-0.05, 0) is 26.2 Å². The molecule has 1 saturated carbocycles. The van der Waals surface area contributed by atoms with Crippen LogP contribution in [0, 0.1) is 0 Å². The van der Waals surface area contributed by atoms with Crippen molar-refractivity contribution in [3.8, 4) is 0 Å². The van der Waals surface area contributed by atoms with Gasteiger partial charge in [0, 0.05) is 6.16 Å². The standard InChI is InChI=1S/C11H23O3P/c1-3-10-15(12,13-4-2)14-11-8-6-5-7-9-11/h11H,3-10H2,1-2H3. The van der Waals surface area contributed by atoms with Crippen LogP contribution in [-0.4, -0.2) is 18.9 Å². The molecular weight excluding hydrogens is 211 g/mol. The fraction of sp³-hybridized carbons (Fsp3) is 1.00. The summed E-state index contributed by atoms with van der Waals surface area (Å²) in [6.45, 7) is 4.35. The van der Waals surface area contributed by atoms with Crippen molar-refractivity contribution < 1.29 is 13.6 Å². The SMILES string of the molecule is CCCP(=O)(OCC)OC1CCCCC1. The molecule has 0 bridgehead atoms. The summed E-state index contributed by atoms with van der Waals surface area (Å²) in [5.74, 6) is 0. The molecule has 0 spiro atoms. The highest BCUT2D eigenvalue weighted by molar-refractivity contribution is 7.53. The van der Waals surface area contributed by atoms with Gasteiger partial charge in [-0.1, -0.05) is 26.2 Å². The Bertz CT molecular complexity index is 202. The minimum absolute atomic E-state index is 0.169. The minimum atomic E-state index is -2.79. The fourth-order valence-electron chi connectivity index (χ4n) is 2.02. The van der Waals surface area contributed by atoms with Crippen LogP contribution in [0.4, 0.5) is 0 Å². The van der Waals surface area contributed by atoms with Crippen molar-refractivity contribution in [1.82, 2.24) is 0 Å². The Balaban J connectivity index is 2.45. The van der Waals surface area contributed by atoms with E-state index >= 15 is 0 Å². The third-order valence-corrected chi connectivity index (χ3v) is 4.95. The van der Waals surface area contributed by atoms with Gasteiger partial charge in [-0.25, -0.2) is 0 Å². The van der Waals surface area contributed by atoms with Crippen LogP contribution in [-0.2, 0) is 13.6 Å². The van der Waals surface area contributed by atoms with Gasteiger partial charge in [-0.2, -0.15) is 0 Å². The van der Waals surface area contributed by atoms with Gasteiger partial charge in [0.05, 0.1) is 12.7 Å². The molecule has 15 heavy (non-hydrogen) atoms. The van der Waals surface area contributed by atoms with Crippen LogP contribution < -0.4 is 0 Å². The summed E-state index contributed by atoms with van der Waals surface area (Å²) in [6, 6.07) is 0. The van der Waals surface area contributed by atoms with Gasteiger partial charge in [0.25, 0.3) is 0 Å². The first kappa shape index (κ1) is 13.2. The molecule has 0 saturated heterocycles. The van der Waals surface area contributed by atoms with Gasteiger partial charge >= 0.3 is 7.60 Å². The first-order valence-electron chi connectivity index (χ1n) is 6.12. The fourth-order valence-corrected chi connectivity index (χ4v) is 3.92. The summed E-state index contributed by atoms with van der Waals surface area (Å²) < 4.78 is 23.2. The van der Waals surface area contributed by atoms with Gasteiger partial charge in [0.2, 0.25) is 0 Å². The lowest BCUT2D eigenvalue weighted by molar-refractivity contribution is 0.119. The highest BCUT2D eigenvalue weighted by Gasteiger charge is 2.28. The molecule has 0 amide bonds. The molecule has 1 fully saturated rings. The van der Waals surface area contributed by atoms with Crippen LogP contribution in [0.3, 0.4) is 0 Å². The van der Waals surface area contributed by atoms with Crippen molar-refractivity contribution in [2.75, 3.05) is 12.8 Å². The average Bonchev–Trinajstić information content (AvgIpc) is 2.19. The van der Waals surface area contributed by atoms with Crippen LogP contribution in [0.1, 0.15) is 52.4 Å². The molecular formula is C11H23O3P. The minimum Gasteiger partial charge on any atom is -0.309 e. The maximum Gasteiger partial charge on any atom is 0.330 e. The van der Waals surface area contributed by atoms with E-state index in [0.717, 1.165) is 19.3 Å². The molecule has 0 N–H and O–H groups in total. The molecule has 0 aromatic carbocycles. The summed E-state index contributed by atoms with van der Waals surface area (Å²) >= 11 is 0. The van der Waals surface area contributed by atoms with E-state index in [2.05, 4.69) is 0 Å². The highest BCUT2D eigenvalue weighted by Crippen LogP contribution is 2.51. The van der Waals surface area contributed by atoms with Gasteiger partial charge in [-0.3, -0.25) is 4.57 Å². The highest BCUT2D eigenvalue weighted by atomic mass is 31.2. The van der Waals surface area contributed by atoms with Gasteiger partial charge < -0.3 is 9.05 Å². The monoisotopic (exact) mass is 234 g/mol. The van der Waals surface area contributed by atoms with Crippen LogP contribution in [0.15, 0.2) is 0 Å². The Kier molecular flexibility index (Phi) is 5.88. The second kappa shape index (κ2) is 6.67. The average molecular weight is 234 g/mol. The van der Waals surface area contributed by atoms with Crippen molar-refractivity contribution in [1.29, 1.82) is 0 Å². The lowest BCUT2D eigenvalue weighted by Gasteiger charge is -2.26. The summed E-state index contributed by atoms with van der Waals surface area (Å²) in [6.07, 6.45) is 7.34. The molecule has 1 aliphatic carbocycles. The van der Waals surface area contributed by atoms with E-state index in [1.165, 1.54) is 19.3 Å². The maximum atomic E-state index is 12.2. The second-order valence-electron chi connectivity index (χ2n) is 4.12. The lowest BCUT2D eigenvalue weighted by Crippen LogP contribution is -2.16. The number of hydrogen-bond acceptors (Lipinski definition) is 3. The molecule has 90 valence electrons. The van der Waals surface area contributed by atoms with Crippen molar-refractivity contribution in [2.24, 2.45) is 0 Å². The lowest BCUT2D eigenvalue weighted by atomic mass is 9.98. The Labute approximate surface area is 93.1 Å². The zero-order chi connectivity index (χ0) is 11.1. The topological polar surface area (TPSA) is 35.5 Å². The molecule has 0 radical (unpaired) electrons. The molecule has 4 heteroatoms. The molecule has 0 aromatic rings. The van der Waals surface area contributed by atoms with Crippen LogP contribution in [0.2, 0.25) is 0 Å². The van der Waals surface area contributed by atoms with Crippen molar-refractivity contribution >= 4 is 7.60 Å². The molecule has 1 atom stereocenters. The van der Waals surface area contributed by atoms with Gasteiger partial charge in [0.1, 0.15) is 0 Å². The van der Waals surface area contributed by atoms with Gasteiger partial charge in [0.15, 0.2) is 0 Å². The van der Waals surface area contributed by atoms with Crippen molar-refractivity contribution in [3.63, 3.8) is 0 Å². The van der Waals surface area contributed by atoms with E-state index in [0.29, 0.717) is 12.8 Å². The smallest absolute Gasteiger partial charge is 0.309 e. The second-order valence-corrected chi connectivity index (χ2v) is 6.26. The first-order chi connectivity index (χ1) is 7.20. The molecule has 0 heterocycles. The van der Waals surface area contributed by atoms with E-state index in [1.54, 1.807) is 0 Å². The van der Waals surface area contributed by atoms with Crippen LogP contribution in [0.5, 0.6) is 0 Å². The number of hydrogen-bond donors (Lipinski definition) is 0. The molecule has 0 aromatic heterocycles. The van der Waals surface area contributed by atoms with E-state index < -0.39 is 7.60 Å². The molecule has 1 aliphatic rings. The molecule has 1 unspecified atom stereocenters. The number of rotatable bonds is 6. The normalized spacial score (nSPS) is 22.5. The quantitative estimate of drug-likeness (QED) is 0.652. The Hall–Kier alpha value is 0.150. The predicted octanol–water partition coefficient (Wildman–Crippen LogP) is 3.98. The van der Waals surface area contributed by atoms with Crippen LogP contribution >= 0.6 is 7.60 Å². The Morgan fingerprint density at radius 2 is 1.87 bits per heavy atom. The van der Waals surface area contributed by atoms with Crippen LogP contribution in [0.25, 0.3) is 0 Å². The maximum absolute atomic E-state index is 12.2. The van der Waals surface area contributed by atoms with E-state index in [1.807, 2.05) is 13.8 Å². The van der Waals surface area contributed by atoms with Gasteiger partial charge in [-0.15, -0.1) is 0 Å². The Morgan fingerprint density at radius 1 is 1.20 bits per heavy atom. The van der Waals surface area contributed by atoms with E-state index in [9.17, 15) is 4.57 Å². The largest absolute Gasteiger partial charge is 0.330 e. The zero-order valence-corrected chi connectivity index (χ0v) is 10.8. The summed E-state index contributed by atoms with van der Waals surface area (Å²) in [4.78, 5) is 0. The summed E-state index contributed by atoms with van der Waals surface area (Å²) in [7, 11) is -2.79. The Morgan fingerprint density at radius 3 is 2.40 bits per heavy atom. The van der Waals surface area contributed by atoms with Crippen molar-refractivity contribution in [3.05, 3.63) is 0 Å². The molecule has 0 aliphatic heterocycles. The third kappa shape index (κ3) is 4.67.